The van der Waals surface area contributed by atoms with E-state index in [9.17, 15) is 9.59 Å². The molecule has 0 spiro atoms. The summed E-state index contributed by atoms with van der Waals surface area (Å²) in [4.78, 5) is 30.1. The first-order chi connectivity index (χ1) is 14.5. The molecule has 1 aromatic carbocycles. The molecule has 2 aromatic heterocycles. The van der Waals surface area contributed by atoms with Gasteiger partial charge >= 0.3 is 0 Å². The molecule has 5 rings (SSSR count). The lowest BCUT2D eigenvalue weighted by Crippen LogP contribution is -2.48. The van der Waals surface area contributed by atoms with Crippen LogP contribution in [0, 0.1) is 0 Å². The maximum absolute atomic E-state index is 13.7. The van der Waals surface area contributed by atoms with E-state index in [-0.39, 0.29) is 23.7 Å². The van der Waals surface area contributed by atoms with Gasteiger partial charge in [0, 0.05) is 25.2 Å². The molecular formula is C24H24N2O3S. The monoisotopic (exact) mass is 420 g/mol. The number of rotatable bonds is 2. The number of thiophene rings is 1. The second kappa shape index (κ2) is 7.52. The summed E-state index contributed by atoms with van der Waals surface area (Å²) < 4.78 is 7.63. The number of aryl methyl sites for hydroxylation is 1. The van der Waals surface area contributed by atoms with Crippen molar-refractivity contribution in [1.82, 2.24) is 9.47 Å². The van der Waals surface area contributed by atoms with Crippen LogP contribution in [0.5, 0.6) is 0 Å². The minimum atomic E-state index is -0.0319. The van der Waals surface area contributed by atoms with E-state index in [1.807, 2.05) is 65.1 Å². The molecule has 6 heteroatoms. The van der Waals surface area contributed by atoms with Gasteiger partial charge in [0.15, 0.2) is 0 Å². The highest BCUT2D eigenvalue weighted by Crippen LogP contribution is 2.37. The molecule has 0 bridgehead atoms. The molecule has 0 radical (unpaired) electrons. The number of nitrogens with zero attached hydrogens (tertiary/aromatic N) is 2. The van der Waals surface area contributed by atoms with Gasteiger partial charge in [-0.05, 0) is 48.9 Å². The molecule has 2 atom stereocenters. The zero-order valence-electron chi connectivity index (χ0n) is 17.1. The highest BCUT2D eigenvalue weighted by atomic mass is 32.1. The first-order valence-corrected chi connectivity index (χ1v) is 11.3. The number of morpholine rings is 1. The van der Waals surface area contributed by atoms with Crippen LogP contribution in [-0.4, -0.2) is 40.7 Å². The summed E-state index contributed by atoms with van der Waals surface area (Å²) in [5.74, 6) is -0.0285. The van der Waals surface area contributed by atoms with Crippen LogP contribution in [0.1, 0.15) is 29.8 Å². The third kappa shape index (κ3) is 3.20. The summed E-state index contributed by atoms with van der Waals surface area (Å²) in [6, 6.07) is 13.5. The lowest BCUT2D eigenvalue weighted by molar-refractivity contribution is -0.0586. The van der Waals surface area contributed by atoms with Crippen LogP contribution in [0.2, 0.25) is 0 Å². The quantitative estimate of drug-likeness (QED) is 0.629. The molecule has 1 saturated heterocycles. The van der Waals surface area contributed by atoms with Crippen molar-refractivity contribution in [1.29, 1.82) is 0 Å². The molecule has 154 valence electrons. The zero-order valence-corrected chi connectivity index (χ0v) is 17.9. The molecule has 4 heterocycles. The molecule has 2 aliphatic rings. The summed E-state index contributed by atoms with van der Waals surface area (Å²) in [6.07, 6.45) is 0.792. The van der Waals surface area contributed by atoms with Crippen molar-refractivity contribution in [3.05, 3.63) is 69.3 Å². The summed E-state index contributed by atoms with van der Waals surface area (Å²) in [6.45, 7) is 5.69. The lowest BCUT2D eigenvalue weighted by atomic mass is 9.97. The van der Waals surface area contributed by atoms with Gasteiger partial charge in [0.25, 0.3) is 11.5 Å². The highest BCUT2D eigenvalue weighted by molar-refractivity contribution is 7.13. The number of hydrogen-bond donors (Lipinski definition) is 0. The number of ether oxygens (including phenoxy) is 1. The van der Waals surface area contributed by atoms with E-state index >= 15 is 0 Å². The second-order valence-corrected chi connectivity index (χ2v) is 9.05. The molecule has 1 amide bonds. The Morgan fingerprint density at radius 2 is 1.83 bits per heavy atom. The number of amides is 1. The van der Waals surface area contributed by atoms with E-state index in [0.717, 1.165) is 22.6 Å². The largest absolute Gasteiger partial charge is 0.372 e. The third-order valence-electron chi connectivity index (χ3n) is 5.88. The maximum Gasteiger partial charge on any atom is 0.258 e. The van der Waals surface area contributed by atoms with Gasteiger partial charge in [-0.25, -0.2) is 0 Å². The fourth-order valence-electron chi connectivity index (χ4n) is 4.60. The number of aromatic nitrogens is 1. The molecule has 1 fully saturated rings. The van der Waals surface area contributed by atoms with E-state index < -0.39 is 0 Å². The fraction of sp³-hybridized carbons (Fsp3) is 0.333. The molecule has 2 aliphatic heterocycles. The van der Waals surface area contributed by atoms with E-state index in [1.54, 1.807) is 11.3 Å². The van der Waals surface area contributed by atoms with Gasteiger partial charge in [-0.15, -0.1) is 11.3 Å². The van der Waals surface area contributed by atoms with Crippen molar-refractivity contribution in [3.8, 4) is 21.7 Å². The highest BCUT2D eigenvalue weighted by Gasteiger charge is 2.32. The van der Waals surface area contributed by atoms with Gasteiger partial charge in [-0.3, -0.25) is 9.59 Å². The van der Waals surface area contributed by atoms with Crippen molar-refractivity contribution in [3.63, 3.8) is 0 Å². The minimum absolute atomic E-state index is 0.00847. The van der Waals surface area contributed by atoms with Crippen LogP contribution in [0.25, 0.3) is 21.7 Å². The van der Waals surface area contributed by atoms with Crippen LogP contribution in [0.3, 0.4) is 0 Å². The third-order valence-corrected chi connectivity index (χ3v) is 6.84. The Morgan fingerprint density at radius 1 is 1.10 bits per heavy atom. The summed E-state index contributed by atoms with van der Waals surface area (Å²) in [5, 5.41) is 2.04. The summed E-state index contributed by atoms with van der Waals surface area (Å²) in [7, 11) is 0. The Kier molecular flexibility index (Phi) is 4.83. The lowest BCUT2D eigenvalue weighted by Gasteiger charge is -2.36. The predicted octanol–water partition coefficient (Wildman–Crippen LogP) is 4.05. The Bertz CT molecular complexity index is 1150. The SMILES string of the molecule is CC1CN(C(=O)c2cc(-c3ccccc3)c(=O)n3c2-c2sccc2CC3)CC(C)O1. The Morgan fingerprint density at radius 3 is 2.57 bits per heavy atom. The maximum atomic E-state index is 13.7. The summed E-state index contributed by atoms with van der Waals surface area (Å²) >= 11 is 1.60. The number of hydrogen-bond acceptors (Lipinski definition) is 4. The average molecular weight is 421 g/mol. The Hall–Kier alpha value is -2.70. The topological polar surface area (TPSA) is 51.5 Å². The normalized spacial score (nSPS) is 20.5. The smallest absolute Gasteiger partial charge is 0.258 e. The van der Waals surface area contributed by atoms with E-state index in [2.05, 4.69) is 6.07 Å². The van der Waals surface area contributed by atoms with E-state index in [4.69, 9.17) is 4.74 Å². The van der Waals surface area contributed by atoms with Gasteiger partial charge in [0.2, 0.25) is 0 Å². The zero-order chi connectivity index (χ0) is 20.8. The van der Waals surface area contributed by atoms with E-state index in [0.29, 0.717) is 30.8 Å². The molecule has 3 aromatic rings. The molecule has 2 unspecified atom stereocenters. The number of carbonyl (C=O) groups is 1. The second-order valence-electron chi connectivity index (χ2n) is 8.14. The Balaban J connectivity index is 1.71. The minimum Gasteiger partial charge on any atom is -0.372 e. The van der Waals surface area contributed by atoms with Crippen LogP contribution in [0.15, 0.2) is 52.6 Å². The van der Waals surface area contributed by atoms with Crippen molar-refractivity contribution in [2.24, 2.45) is 0 Å². The average Bonchev–Trinajstić information content (AvgIpc) is 3.22. The van der Waals surface area contributed by atoms with Gasteiger partial charge in [-0.1, -0.05) is 30.3 Å². The first kappa shape index (κ1) is 19.3. The number of pyridine rings is 1. The predicted molar refractivity (Wildman–Crippen MR) is 119 cm³/mol. The fourth-order valence-corrected chi connectivity index (χ4v) is 5.62. The molecule has 0 aliphatic carbocycles. The first-order valence-electron chi connectivity index (χ1n) is 10.4. The van der Waals surface area contributed by atoms with Gasteiger partial charge in [0.05, 0.1) is 28.3 Å². The summed E-state index contributed by atoms with van der Waals surface area (Å²) in [5.41, 5.74) is 3.98. The molecular weight excluding hydrogens is 396 g/mol. The van der Waals surface area contributed by atoms with Gasteiger partial charge < -0.3 is 14.2 Å². The Labute approximate surface area is 179 Å². The van der Waals surface area contributed by atoms with Gasteiger partial charge in [-0.2, -0.15) is 0 Å². The van der Waals surface area contributed by atoms with Crippen LogP contribution >= 0.6 is 11.3 Å². The number of benzene rings is 1. The standard InChI is InChI=1S/C24H24N2O3S/c1-15-13-25(14-16(2)29-15)23(27)20-12-19(17-6-4-3-5-7-17)24(28)26-10-8-18-9-11-30-22(18)21(20)26/h3-7,9,11-12,15-16H,8,10,13-14H2,1-2H3. The number of carbonyl (C=O) groups excluding carboxylic acids is 1. The van der Waals surface area contributed by atoms with Crippen molar-refractivity contribution >= 4 is 17.2 Å². The van der Waals surface area contributed by atoms with Crippen molar-refractivity contribution in [2.75, 3.05) is 13.1 Å². The van der Waals surface area contributed by atoms with Crippen LogP contribution in [0.4, 0.5) is 0 Å². The van der Waals surface area contributed by atoms with Crippen LogP contribution in [-0.2, 0) is 17.7 Å². The van der Waals surface area contributed by atoms with E-state index in [1.165, 1.54) is 5.56 Å². The molecule has 0 N–H and O–H groups in total. The molecule has 5 nitrogen and oxygen atoms in total. The van der Waals surface area contributed by atoms with Crippen molar-refractivity contribution < 1.29 is 9.53 Å². The molecule has 0 saturated carbocycles. The molecule has 30 heavy (non-hydrogen) atoms. The van der Waals surface area contributed by atoms with Gasteiger partial charge in [0.1, 0.15) is 0 Å². The number of fused-ring (bicyclic) bond motifs is 3. The van der Waals surface area contributed by atoms with Crippen molar-refractivity contribution in [2.45, 2.75) is 39.0 Å². The van der Waals surface area contributed by atoms with Crippen LogP contribution < -0.4 is 5.56 Å².